The summed E-state index contributed by atoms with van der Waals surface area (Å²) in [5.74, 6) is 1.04. The van der Waals surface area contributed by atoms with Crippen molar-refractivity contribution >= 4 is 22.6 Å². The molecule has 1 aromatic carbocycles. The fraction of sp³-hybridized carbons (Fsp3) is 0.409. The lowest BCUT2D eigenvalue weighted by molar-refractivity contribution is -0.119. The molecule has 1 amide bonds. The molecule has 0 unspecified atom stereocenters. The van der Waals surface area contributed by atoms with Crippen molar-refractivity contribution < 1.29 is 9.53 Å². The Kier molecular flexibility index (Phi) is 5.13. The molecule has 3 aromatic rings. The van der Waals surface area contributed by atoms with E-state index < -0.39 is 0 Å². The summed E-state index contributed by atoms with van der Waals surface area (Å²) >= 11 is 0. The molecule has 1 fully saturated rings. The first-order valence-electron chi connectivity index (χ1n) is 9.92. The number of nitrogens with one attached hydrogen (secondary N) is 1. The lowest BCUT2D eigenvalue weighted by atomic mass is 10.1. The van der Waals surface area contributed by atoms with Gasteiger partial charge in [-0.25, -0.2) is 9.97 Å². The molecule has 0 aliphatic carbocycles. The van der Waals surface area contributed by atoms with Gasteiger partial charge in [0.05, 0.1) is 24.1 Å². The number of carbonyl (C=O) groups is 1. The van der Waals surface area contributed by atoms with Crippen molar-refractivity contribution in [2.45, 2.75) is 19.8 Å². The predicted molar refractivity (Wildman–Crippen MR) is 114 cm³/mol. The lowest BCUT2D eigenvalue weighted by Gasteiger charge is -2.17. The SMILES string of the molecule is Cc1cc(-c2cc3ncn(C)c3c(OCC[C@H]3CNC(=O)C3)n2)ccc1N(C)C. The van der Waals surface area contributed by atoms with E-state index in [0.29, 0.717) is 24.8 Å². The maximum Gasteiger partial charge on any atom is 0.240 e. The van der Waals surface area contributed by atoms with E-state index in [-0.39, 0.29) is 5.91 Å². The van der Waals surface area contributed by atoms with Gasteiger partial charge in [-0.2, -0.15) is 0 Å². The smallest absolute Gasteiger partial charge is 0.240 e. The number of benzene rings is 1. The van der Waals surface area contributed by atoms with Crippen molar-refractivity contribution in [3.8, 4) is 17.1 Å². The van der Waals surface area contributed by atoms with Gasteiger partial charge in [0.15, 0.2) is 0 Å². The number of aryl methyl sites for hydroxylation is 2. The number of imidazole rings is 1. The molecule has 152 valence electrons. The standard InChI is InChI=1S/C22H27N5O2/c1-14-9-16(5-6-19(14)26(2)3)17-11-18-21(27(4)13-24-18)22(25-17)29-8-7-15-10-20(28)23-12-15/h5-6,9,11,13,15H,7-8,10,12H2,1-4H3,(H,23,28)/t15-/m1/s1. The van der Waals surface area contributed by atoms with Crippen LogP contribution >= 0.6 is 0 Å². The summed E-state index contributed by atoms with van der Waals surface area (Å²) in [7, 11) is 6.03. The zero-order valence-corrected chi connectivity index (χ0v) is 17.4. The summed E-state index contributed by atoms with van der Waals surface area (Å²) in [6, 6.07) is 8.34. The zero-order chi connectivity index (χ0) is 20.5. The third-order valence-electron chi connectivity index (χ3n) is 5.46. The van der Waals surface area contributed by atoms with Crippen LogP contribution in [0.5, 0.6) is 5.88 Å². The van der Waals surface area contributed by atoms with Gasteiger partial charge in [0.1, 0.15) is 5.52 Å². The summed E-state index contributed by atoms with van der Waals surface area (Å²) in [6.07, 6.45) is 3.18. The minimum Gasteiger partial charge on any atom is -0.476 e. The first-order valence-corrected chi connectivity index (χ1v) is 9.92. The molecule has 7 nitrogen and oxygen atoms in total. The number of hydrogen-bond donors (Lipinski definition) is 1. The molecule has 29 heavy (non-hydrogen) atoms. The highest BCUT2D eigenvalue weighted by Crippen LogP contribution is 2.31. The normalized spacial score (nSPS) is 16.3. The van der Waals surface area contributed by atoms with Gasteiger partial charge in [-0.05, 0) is 43.0 Å². The topological polar surface area (TPSA) is 72.3 Å². The highest BCUT2D eigenvalue weighted by atomic mass is 16.5. The molecule has 1 atom stereocenters. The molecule has 0 spiro atoms. The predicted octanol–water partition coefficient (Wildman–Crippen LogP) is 2.91. The van der Waals surface area contributed by atoms with Crippen LogP contribution < -0.4 is 15.0 Å². The van der Waals surface area contributed by atoms with Crippen LogP contribution in [0.3, 0.4) is 0 Å². The van der Waals surface area contributed by atoms with Crippen LogP contribution in [0.2, 0.25) is 0 Å². The number of pyridine rings is 1. The third-order valence-corrected chi connectivity index (χ3v) is 5.46. The van der Waals surface area contributed by atoms with Crippen molar-refractivity contribution in [3.05, 3.63) is 36.2 Å². The minimum absolute atomic E-state index is 0.126. The van der Waals surface area contributed by atoms with Gasteiger partial charge in [-0.3, -0.25) is 4.79 Å². The molecule has 2 aromatic heterocycles. The average Bonchev–Trinajstić information content (AvgIpc) is 3.27. The highest BCUT2D eigenvalue weighted by molar-refractivity contribution is 5.85. The molecule has 7 heteroatoms. The Labute approximate surface area is 170 Å². The average molecular weight is 393 g/mol. The van der Waals surface area contributed by atoms with E-state index in [0.717, 1.165) is 35.3 Å². The van der Waals surface area contributed by atoms with Gasteiger partial charge < -0.3 is 19.5 Å². The molecule has 3 heterocycles. The number of anilines is 1. The number of hydrogen-bond acceptors (Lipinski definition) is 5. The summed E-state index contributed by atoms with van der Waals surface area (Å²) < 4.78 is 8.02. The maximum atomic E-state index is 11.4. The number of rotatable bonds is 6. The molecule has 1 aliphatic rings. The second kappa shape index (κ2) is 7.73. The van der Waals surface area contributed by atoms with Crippen LogP contribution in [0.1, 0.15) is 18.4 Å². The van der Waals surface area contributed by atoms with Gasteiger partial charge in [0.2, 0.25) is 11.8 Å². The van der Waals surface area contributed by atoms with Crippen molar-refractivity contribution in [3.63, 3.8) is 0 Å². The van der Waals surface area contributed by atoms with Crippen LogP contribution in [0.4, 0.5) is 5.69 Å². The van der Waals surface area contributed by atoms with Gasteiger partial charge in [-0.1, -0.05) is 6.07 Å². The summed E-state index contributed by atoms with van der Waals surface area (Å²) in [6.45, 7) is 3.36. The van der Waals surface area contributed by atoms with E-state index in [4.69, 9.17) is 9.72 Å². The monoisotopic (exact) mass is 393 g/mol. The quantitative estimate of drug-likeness (QED) is 0.697. The summed E-state index contributed by atoms with van der Waals surface area (Å²) in [5.41, 5.74) is 6.00. The molecule has 0 saturated carbocycles. The molecular formula is C22H27N5O2. The number of carbonyl (C=O) groups excluding carboxylic acids is 1. The number of nitrogens with zero attached hydrogens (tertiary/aromatic N) is 4. The molecule has 1 N–H and O–H groups in total. The zero-order valence-electron chi connectivity index (χ0n) is 17.4. The van der Waals surface area contributed by atoms with Crippen molar-refractivity contribution in [1.82, 2.24) is 19.9 Å². The number of ether oxygens (including phenoxy) is 1. The largest absolute Gasteiger partial charge is 0.476 e. The Morgan fingerprint density at radius 1 is 1.31 bits per heavy atom. The third kappa shape index (κ3) is 3.90. The molecular weight excluding hydrogens is 366 g/mol. The first kappa shape index (κ1) is 19.2. The Hall–Kier alpha value is -3.09. The first-order chi connectivity index (χ1) is 13.9. The van der Waals surface area contributed by atoms with E-state index >= 15 is 0 Å². The highest BCUT2D eigenvalue weighted by Gasteiger charge is 2.21. The van der Waals surface area contributed by atoms with E-state index in [1.165, 1.54) is 11.3 Å². The van der Waals surface area contributed by atoms with E-state index in [2.05, 4.69) is 40.3 Å². The van der Waals surface area contributed by atoms with E-state index in [9.17, 15) is 4.79 Å². The van der Waals surface area contributed by atoms with Gasteiger partial charge >= 0.3 is 0 Å². The van der Waals surface area contributed by atoms with Crippen molar-refractivity contribution in [1.29, 1.82) is 0 Å². The molecule has 4 rings (SSSR count). The van der Waals surface area contributed by atoms with Crippen LogP contribution in [0, 0.1) is 12.8 Å². The van der Waals surface area contributed by atoms with Gasteiger partial charge in [0.25, 0.3) is 0 Å². The lowest BCUT2D eigenvalue weighted by Crippen LogP contribution is -2.14. The minimum atomic E-state index is 0.126. The Morgan fingerprint density at radius 3 is 2.83 bits per heavy atom. The number of fused-ring (bicyclic) bond motifs is 1. The van der Waals surface area contributed by atoms with Gasteiger partial charge in [0, 0.05) is 45.4 Å². The van der Waals surface area contributed by atoms with Crippen LogP contribution in [0.25, 0.3) is 22.3 Å². The number of aromatic nitrogens is 3. The fourth-order valence-corrected chi connectivity index (χ4v) is 3.89. The van der Waals surface area contributed by atoms with Gasteiger partial charge in [-0.15, -0.1) is 0 Å². The Balaban J connectivity index is 1.62. The van der Waals surface area contributed by atoms with Crippen molar-refractivity contribution in [2.24, 2.45) is 13.0 Å². The van der Waals surface area contributed by atoms with Crippen molar-refractivity contribution in [2.75, 3.05) is 32.1 Å². The van der Waals surface area contributed by atoms with Crippen LogP contribution in [-0.2, 0) is 11.8 Å². The molecule has 1 aliphatic heterocycles. The second-order valence-electron chi connectivity index (χ2n) is 7.94. The fourth-order valence-electron chi connectivity index (χ4n) is 3.89. The van der Waals surface area contributed by atoms with Crippen LogP contribution in [-0.4, -0.2) is 47.7 Å². The van der Waals surface area contributed by atoms with E-state index in [1.807, 2.05) is 31.8 Å². The second-order valence-corrected chi connectivity index (χ2v) is 7.94. The summed E-state index contributed by atoms with van der Waals surface area (Å²) in [5, 5.41) is 2.87. The molecule has 0 bridgehead atoms. The molecule has 0 radical (unpaired) electrons. The maximum absolute atomic E-state index is 11.4. The Bertz CT molecular complexity index is 1060. The number of amides is 1. The van der Waals surface area contributed by atoms with Crippen LogP contribution in [0.15, 0.2) is 30.6 Å². The summed E-state index contributed by atoms with van der Waals surface area (Å²) in [4.78, 5) is 22.8. The Morgan fingerprint density at radius 2 is 2.14 bits per heavy atom. The molecule has 1 saturated heterocycles. The van der Waals surface area contributed by atoms with E-state index in [1.54, 1.807) is 6.33 Å².